The van der Waals surface area contributed by atoms with Crippen molar-refractivity contribution < 1.29 is 19.2 Å². The van der Waals surface area contributed by atoms with Crippen molar-refractivity contribution in [1.82, 2.24) is 10.6 Å². The number of nitrogens with one attached hydrogen (secondary N) is 2. The topological polar surface area (TPSA) is 92.3 Å². The Balaban J connectivity index is 2.33. The number of amides is 4. The smallest absolute Gasteiger partial charge is 0.259 e. The van der Waals surface area contributed by atoms with E-state index in [1.54, 1.807) is 12.1 Å². The molecule has 2 aromatic carbocycles. The zero-order chi connectivity index (χ0) is 18.0. The minimum absolute atomic E-state index is 0.0258. The van der Waals surface area contributed by atoms with Gasteiger partial charge in [0.2, 0.25) is 0 Å². The molecule has 2 aliphatic rings. The summed E-state index contributed by atoms with van der Waals surface area (Å²) in [7, 11) is 0. The van der Waals surface area contributed by atoms with Crippen LogP contribution in [0.25, 0.3) is 10.8 Å². The van der Waals surface area contributed by atoms with E-state index < -0.39 is 23.6 Å². The molecule has 126 valence electrons. The summed E-state index contributed by atoms with van der Waals surface area (Å²) < 4.78 is 0. The molecule has 0 bridgehead atoms. The van der Waals surface area contributed by atoms with Gasteiger partial charge in [-0.3, -0.25) is 29.8 Å². The van der Waals surface area contributed by atoms with E-state index in [1.165, 1.54) is 0 Å². The van der Waals surface area contributed by atoms with Gasteiger partial charge in [0.25, 0.3) is 23.6 Å². The average molecular weight is 336 g/mol. The van der Waals surface area contributed by atoms with Crippen molar-refractivity contribution in [3.05, 3.63) is 45.5 Å². The second kappa shape index (κ2) is 4.99. The summed E-state index contributed by atoms with van der Waals surface area (Å²) in [6.45, 7) is 5.71. The first-order chi connectivity index (χ1) is 11.8. The van der Waals surface area contributed by atoms with Crippen LogP contribution in [0.2, 0.25) is 0 Å². The van der Waals surface area contributed by atoms with Crippen LogP contribution in [0.1, 0.15) is 79.2 Å². The molecule has 0 radical (unpaired) electrons. The van der Waals surface area contributed by atoms with E-state index in [2.05, 4.69) is 10.6 Å². The lowest BCUT2D eigenvalue weighted by molar-refractivity contribution is 0.0822. The Bertz CT molecular complexity index is 1030. The van der Waals surface area contributed by atoms with Crippen LogP contribution in [0.3, 0.4) is 0 Å². The van der Waals surface area contributed by atoms with Crippen molar-refractivity contribution in [1.29, 1.82) is 0 Å². The van der Waals surface area contributed by atoms with Crippen molar-refractivity contribution in [2.24, 2.45) is 0 Å². The van der Waals surface area contributed by atoms with Gasteiger partial charge >= 0.3 is 0 Å². The molecule has 2 N–H and O–H groups in total. The molecule has 6 heteroatoms. The first kappa shape index (κ1) is 15.5. The predicted molar refractivity (Wildman–Crippen MR) is 91.0 cm³/mol. The second-order valence-corrected chi connectivity index (χ2v) is 6.67. The highest BCUT2D eigenvalue weighted by Gasteiger charge is 2.36. The predicted octanol–water partition coefficient (Wildman–Crippen LogP) is 2.29. The Morgan fingerprint density at radius 2 is 1.32 bits per heavy atom. The Morgan fingerprint density at radius 1 is 0.800 bits per heavy atom. The second-order valence-electron chi connectivity index (χ2n) is 6.67. The lowest BCUT2D eigenvalue weighted by atomic mass is 9.80. The third-order valence-electron chi connectivity index (χ3n) is 4.92. The fourth-order valence-corrected chi connectivity index (χ4v) is 3.77. The normalized spacial score (nSPS) is 15.7. The molecule has 2 heterocycles. The summed E-state index contributed by atoms with van der Waals surface area (Å²) in [5.74, 6) is -1.99. The van der Waals surface area contributed by atoms with E-state index in [1.807, 2.05) is 20.8 Å². The maximum atomic E-state index is 12.5. The summed E-state index contributed by atoms with van der Waals surface area (Å²) in [6, 6.07) is 3.33. The van der Waals surface area contributed by atoms with Gasteiger partial charge in [-0.1, -0.05) is 20.8 Å². The van der Waals surface area contributed by atoms with Gasteiger partial charge in [-0.25, -0.2) is 0 Å². The number of aryl methyl sites for hydroxylation is 1. The average Bonchev–Trinajstić information content (AvgIpc) is 2.56. The van der Waals surface area contributed by atoms with Gasteiger partial charge in [-0.05, 0) is 35.6 Å². The summed E-state index contributed by atoms with van der Waals surface area (Å²) in [6.07, 6.45) is 0.530. The molecule has 0 aromatic heterocycles. The largest absolute Gasteiger partial charge is 0.288 e. The molecular formula is C19H16N2O4. The molecular weight excluding hydrogens is 320 g/mol. The van der Waals surface area contributed by atoms with Crippen LogP contribution in [0.5, 0.6) is 0 Å². The van der Waals surface area contributed by atoms with E-state index >= 15 is 0 Å². The van der Waals surface area contributed by atoms with Gasteiger partial charge in [0.15, 0.2) is 0 Å². The summed E-state index contributed by atoms with van der Waals surface area (Å²) >= 11 is 0. The minimum atomic E-state index is -0.497. The molecule has 6 nitrogen and oxygen atoms in total. The Morgan fingerprint density at radius 3 is 1.88 bits per heavy atom. The summed E-state index contributed by atoms with van der Waals surface area (Å²) in [5, 5.41) is 5.59. The molecule has 2 aliphatic heterocycles. The van der Waals surface area contributed by atoms with Gasteiger partial charge in [0, 0.05) is 21.9 Å². The maximum absolute atomic E-state index is 12.5. The SMILES string of the molecule is CCc1cc2c3c(c(C(C)C)cc4c3c1C(=O)NC4=O)C(=O)NC2=O. The highest BCUT2D eigenvalue weighted by Crippen LogP contribution is 2.39. The molecule has 2 aromatic rings. The minimum Gasteiger partial charge on any atom is -0.288 e. The van der Waals surface area contributed by atoms with Crippen LogP contribution in [0.4, 0.5) is 0 Å². The van der Waals surface area contributed by atoms with E-state index in [-0.39, 0.29) is 5.92 Å². The molecule has 0 fully saturated rings. The van der Waals surface area contributed by atoms with E-state index in [4.69, 9.17) is 0 Å². The van der Waals surface area contributed by atoms with Gasteiger partial charge in [-0.15, -0.1) is 0 Å². The molecule has 0 spiro atoms. The van der Waals surface area contributed by atoms with Crippen molar-refractivity contribution in [3.63, 3.8) is 0 Å². The van der Waals surface area contributed by atoms with Crippen molar-refractivity contribution in [3.8, 4) is 0 Å². The monoisotopic (exact) mass is 336 g/mol. The van der Waals surface area contributed by atoms with E-state index in [0.717, 1.165) is 0 Å². The molecule has 0 saturated heterocycles. The van der Waals surface area contributed by atoms with Crippen molar-refractivity contribution >= 4 is 34.4 Å². The first-order valence-electron chi connectivity index (χ1n) is 8.23. The number of carbonyl (C=O) groups is 4. The molecule has 4 rings (SSSR count). The number of imide groups is 2. The van der Waals surface area contributed by atoms with Crippen LogP contribution < -0.4 is 10.6 Å². The number of hydrogen-bond acceptors (Lipinski definition) is 4. The van der Waals surface area contributed by atoms with Crippen LogP contribution in [0.15, 0.2) is 12.1 Å². The van der Waals surface area contributed by atoms with E-state index in [0.29, 0.717) is 50.6 Å². The summed E-state index contributed by atoms with van der Waals surface area (Å²) in [4.78, 5) is 49.8. The van der Waals surface area contributed by atoms with Crippen LogP contribution in [-0.2, 0) is 6.42 Å². The van der Waals surface area contributed by atoms with E-state index in [9.17, 15) is 19.2 Å². The Hall–Kier alpha value is -3.02. The molecule has 0 aliphatic carbocycles. The third kappa shape index (κ3) is 1.91. The molecule has 0 atom stereocenters. The highest BCUT2D eigenvalue weighted by molar-refractivity contribution is 6.34. The highest BCUT2D eigenvalue weighted by atomic mass is 16.2. The Kier molecular flexibility index (Phi) is 3.09. The molecule has 4 amide bonds. The first-order valence-corrected chi connectivity index (χ1v) is 8.23. The maximum Gasteiger partial charge on any atom is 0.259 e. The molecule has 25 heavy (non-hydrogen) atoms. The summed E-state index contributed by atoms with van der Waals surface area (Å²) in [5.41, 5.74) is 2.83. The van der Waals surface area contributed by atoms with Gasteiger partial charge in [0.1, 0.15) is 0 Å². The molecule has 0 unspecified atom stereocenters. The molecule has 0 saturated carbocycles. The lowest BCUT2D eigenvalue weighted by Gasteiger charge is -2.27. The Labute approximate surface area is 143 Å². The lowest BCUT2D eigenvalue weighted by Crippen LogP contribution is -2.40. The van der Waals surface area contributed by atoms with Crippen molar-refractivity contribution in [2.45, 2.75) is 33.1 Å². The van der Waals surface area contributed by atoms with Gasteiger partial charge in [-0.2, -0.15) is 0 Å². The standard InChI is InChI=1S/C19H16N2O4/c1-4-8-5-10-14-13-11(17(23)20-18(24)12(8)13)6-9(7(2)3)15(14)19(25)21-16(10)22/h5-7H,4H2,1-3H3,(H,20,23,24)(H,21,22,25). The van der Waals surface area contributed by atoms with Crippen LogP contribution in [-0.4, -0.2) is 23.6 Å². The fraction of sp³-hybridized carbons (Fsp3) is 0.263. The van der Waals surface area contributed by atoms with Crippen LogP contribution >= 0.6 is 0 Å². The number of hydrogen-bond donors (Lipinski definition) is 2. The zero-order valence-electron chi connectivity index (χ0n) is 14.1. The number of carbonyl (C=O) groups excluding carboxylic acids is 4. The number of rotatable bonds is 2. The number of benzene rings is 2. The quantitative estimate of drug-likeness (QED) is 0.823. The van der Waals surface area contributed by atoms with Gasteiger partial charge < -0.3 is 0 Å². The van der Waals surface area contributed by atoms with Crippen molar-refractivity contribution in [2.75, 3.05) is 0 Å². The van der Waals surface area contributed by atoms with Crippen LogP contribution in [0, 0.1) is 0 Å². The fourth-order valence-electron chi connectivity index (χ4n) is 3.77. The third-order valence-corrected chi connectivity index (χ3v) is 4.92. The van der Waals surface area contributed by atoms with Gasteiger partial charge in [0.05, 0.1) is 11.1 Å². The zero-order valence-corrected chi connectivity index (χ0v) is 14.1.